The minimum atomic E-state index is -2.83. The molecule has 0 aliphatic rings. The van der Waals surface area contributed by atoms with Gasteiger partial charge in [-0.15, -0.1) is 0 Å². The molecule has 2 N–H and O–H groups in total. The van der Waals surface area contributed by atoms with E-state index in [9.17, 15) is 8.42 Å². The van der Waals surface area contributed by atoms with Gasteiger partial charge in [-0.2, -0.15) is 0 Å². The summed E-state index contributed by atoms with van der Waals surface area (Å²) in [7, 11) is -2.83. The topological polar surface area (TPSA) is 66.4 Å². The van der Waals surface area contributed by atoms with E-state index >= 15 is 0 Å². The third-order valence-electron chi connectivity index (χ3n) is 2.12. The molecule has 92 valence electrons. The Bertz CT molecular complexity index is 227. The highest BCUT2D eigenvalue weighted by Gasteiger charge is 2.07. The maximum absolute atomic E-state index is 11.3. The summed E-state index contributed by atoms with van der Waals surface area (Å²) < 4.78 is 22.6. The van der Waals surface area contributed by atoms with Crippen LogP contribution in [0.15, 0.2) is 0 Å². The molecule has 0 spiro atoms. The summed E-state index contributed by atoms with van der Waals surface area (Å²) in [4.78, 5) is 0. The Balaban J connectivity index is 3.31. The summed E-state index contributed by atoms with van der Waals surface area (Å²) in [5.41, 5.74) is 0. The number of nitrogens with one attached hydrogen (secondary N) is 1. The summed E-state index contributed by atoms with van der Waals surface area (Å²) in [6.45, 7) is 3.49. The Hall–Kier alpha value is -0.130. The Labute approximate surface area is 93.0 Å². The number of aliphatic hydroxyl groups excluding tert-OH is 1. The van der Waals surface area contributed by atoms with Crippen LogP contribution in [0, 0.1) is 0 Å². The standard InChI is InChI=1S/C10H23NO3S/c1-2-9-15(13,14)10-7-11-6-4-3-5-8-12/h11-12H,2-10H2,1H3. The molecule has 0 saturated carbocycles. The fourth-order valence-corrected chi connectivity index (χ4v) is 2.59. The molecular weight excluding hydrogens is 214 g/mol. The Morgan fingerprint density at radius 2 is 1.80 bits per heavy atom. The average molecular weight is 237 g/mol. The van der Waals surface area contributed by atoms with Gasteiger partial charge in [-0.25, -0.2) is 8.42 Å². The first-order valence-corrected chi connectivity index (χ1v) is 7.46. The minimum absolute atomic E-state index is 0.237. The normalized spacial score (nSPS) is 11.9. The number of aliphatic hydroxyl groups is 1. The zero-order valence-corrected chi connectivity index (χ0v) is 10.4. The van der Waals surface area contributed by atoms with Crippen LogP contribution in [0.2, 0.25) is 0 Å². The first kappa shape index (κ1) is 14.9. The van der Waals surface area contributed by atoms with Gasteiger partial charge in [-0.1, -0.05) is 6.92 Å². The molecule has 0 fully saturated rings. The van der Waals surface area contributed by atoms with Gasteiger partial charge in [-0.3, -0.25) is 0 Å². The quantitative estimate of drug-likeness (QED) is 0.545. The van der Waals surface area contributed by atoms with E-state index in [-0.39, 0.29) is 12.4 Å². The maximum atomic E-state index is 11.3. The van der Waals surface area contributed by atoms with Gasteiger partial charge in [0.15, 0.2) is 9.84 Å². The van der Waals surface area contributed by atoms with Gasteiger partial charge < -0.3 is 10.4 Å². The predicted molar refractivity (Wildman–Crippen MR) is 62.8 cm³/mol. The second kappa shape index (κ2) is 9.12. The van der Waals surface area contributed by atoms with Crippen molar-refractivity contribution in [1.82, 2.24) is 5.32 Å². The highest BCUT2D eigenvalue weighted by Crippen LogP contribution is 1.94. The molecule has 0 saturated heterocycles. The summed E-state index contributed by atoms with van der Waals surface area (Å²) >= 11 is 0. The molecule has 5 heteroatoms. The molecule has 0 amide bonds. The highest BCUT2D eigenvalue weighted by molar-refractivity contribution is 7.91. The van der Waals surface area contributed by atoms with E-state index < -0.39 is 9.84 Å². The summed E-state index contributed by atoms with van der Waals surface area (Å²) in [5.74, 6) is 0.528. The Morgan fingerprint density at radius 3 is 2.40 bits per heavy atom. The van der Waals surface area contributed by atoms with Gasteiger partial charge in [0.25, 0.3) is 0 Å². The zero-order valence-electron chi connectivity index (χ0n) is 9.54. The lowest BCUT2D eigenvalue weighted by molar-refractivity contribution is 0.283. The molecule has 0 heterocycles. The van der Waals surface area contributed by atoms with Gasteiger partial charge in [0.1, 0.15) is 0 Å². The molecule has 0 radical (unpaired) electrons. The first-order chi connectivity index (χ1) is 7.12. The van der Waals surface area contributed by atoms with Crippen molar-refractivity contribution >= 4 is 9.84 Å². The molecule has 0 aromatic rings. The van der Waals surface area contributed by atoms with Crippen LogP contribution < -0.4 is 5.32 Å². The molecule has 15 heavy (non-hydrogen) atoms. The van der Waals surface area contributed by atoms with E-state index in [2.05, 4.69) is 5.32 Å². The van der Waals surface area contributed by atoms with Gasteiger partial charge in [0.05, 0.1) is 5.75 Å². The Morgan fingerprint density at radius 1 is 1.07 bits per heavy atom. The van der Waals surface area contributed by atoms with E-state index in [4.69, 9.17) is 5.11 Å². The van der Waals surface area contributed by atoms with Crippen molar-refractivity contribution in [3.8, 4) is 0 Å². The summed E-state index contributed by atoms with van der Waals surface area (Å²) in [6, 6.07) is 0. The number of rotatable bonds is 10. The van der Waals surface area contributed by atoms with E-state index in [1.165, 1.54) is 0 Å². The smallest absolute Gasteiger partial charge is 0.151 e. The van der Waals surface area contributed by atoms with E-state index in [0.717, 1.165) is 25.8 Å². The molecule has 0 bridgehead atoms. The van der Waals surface area contributed by atoms with E-state index in [1.54, 1.807) is 0 Å². The van der Waals surface area contributed by atoms with Crippen LogP contribution in [-0.4, -0.2) is 44.7 Å². The SMILES string of the molecule is CCCS(=O)(=O)CCNCCCCCO. The van der Waals surface area contributed by atoms with Gasteiger partial charge >= 0.3 is 0 Å². The van der Waals surface area contributed by atoms with Crippen LogP contribution in [0.1, 0.15) is 32.6 Å². The largest absolute Gasteiger partial charge is 0.396 e. The van der Waals surface area contributed by atoms with Gasteiger partial charge in [-0.05, 0) is 32.2 Å². The average Bonchev–Trinajstić information content (AvgIpc) is 2.16. The van der Waals surface area contributed by atoms with Crippen LogP contribution in [-0.2, 0) is 9.84 Å². The monoisotopic (exact) mass is 237 g/mol. The van der Waals surface area contributed by atoms with Crippen molar-refractivity contribution in [1.29, 1.82) is 0 Å². The highest BCUT2D eigenvalue weighted by atomic mass is 32.2. The number of hydrogen-bond donors (Lipinski definition) is 2. The first-order valence-electron chi connectivity index (χ1n) is 5.64. The second-order valence-corrected chi connectivity index (χ2v) is 5.99. The second-order valence-electron chi connectivity index (χ2n) is 3.69. The number of hydrogen-bond acceptors (Lipinski definition) is 4. The molecule has 0 unspecified atom stereocenters. The van der Waals surface area contributed by atoms with Gasteiger partial charge in [0, 0.05) is 18.9 Å². The fourth-order valence-electron chi connectivity index (χ4n) is 1.30. The Kier molecular flexibility index (Phi) is 9.04. The van der Waals surface area contributed by atoms with Crippen molar-refractivity contribution in [2.75, 3.05) is 31.2 Å². The fraction of sp³-hybridized carbons (Fsp3) is 1.00. The zero-order chi connectivity index (χ0) is 11.6. The molecule has 4 nitrogen and oxygen atoms in total. The van der Waals surface area contributed by atoms with Crippen LogP contribution in [0.25, 0.3) is 0 Å². The number of unbranched alkanes of at least 4 members (excludes halogenated alkanes) is 2. The molecule has 0 aromatic heterocycles. The maximum Gasteiger partial charge on any atom is 0.151 e. The minimum Gasteiger partial charge on any atom is -0.396 e. The predicted octanol–water partition coefficient (Wildman–Crippen LogP) is 0.563. The third-order valence-corrected chi connectivity index (χ3v) is 3.97. The molecule has 0 atom stereocenters. The van der Waals surface area contributed by atoms with Crippen LogP contribution >= 0.6 is 0 Å². The van der Waals surface area contributed by atoms with Crippen LogP contribution in [0.5, 0.6) is 0 Å². The lowest BCUT2D eigenvalue weighted by atomic mass is 10.2. The van der Waals surface area contributed by atoms with Crippen molar-refractivity contribution in [2.24, 2.45) is 0 Å². The van der Waals surface area contributed by atoms with Gasteiger partial charge in [0.2, 0.25) is 0 Å². The van der Waals surface area contributed by atoms with E-state index in [1.807, 2.05) is 6.92 Å². The van der Waals surface area contributed by atoms with Crippen LogP contribution in [0.4, 0.5) is 0 Å². The number of sulfone groups is 1. The third kappa shape index (κ3) is 10.2. The lowest BCUT2D eigenvalue weighted by Crippen LogP contribution is -2.25. The van der Waals surface area contributed by atoms with Crippen molar-refractivity contribution in [3.05, 3.63) is 0 Å². The van der Waals surface area contributed by atoms with Crippen LogP contribution in [0.3, 0.4) is 0 Å². The molecule has 0 aromatic carbocycles. The molecule has 0 rings (SSSR count). The van der Waals surface area contributed by atoms with E-state index in [0.29, 0.717) is 18.7 Å². The van der Waals surface area contributed by atoms with Crippen molar-refractivity contribution in [3.63, 3.8) is 0 Å². The molecular formula is C10H23NO3S. The van der Waals surface area contributed by atoms with Crippen molar-refractivity contribution < 1.29 is 13.5 Å². The lowest BCUT2D eigenvalue weighted by Gasteiger charge is -2.04. The summed E-state index contributed by atoms with van der Waals surface area (Å²) in [5, 5.41) is 11.6. The molecule has 0 aliphatic carbocycles. The van der Waals surface area contributed by atoms with Crippen molar-refractivity contribution in [2.45, 2.75) is 32.6 Å². The molecule has 0 aliphatic heterocycles. The summed E-state index contributed by atoms with van der Waals surface area (Å²) in [6.07, 6.45) is 3.51.